The zero-order chi connectivity index (χ0) is 20.0. The molecule has 0 saturated heterocycles. The van der Waals surface area contributed by atoms with Gasteiger partial charge in [-0.15, -0.1) is 10.2 Å². The van der Waals surface area contributed by atoms with Gasteiger partial charge in [0.15, 0.2) is 6.61 Å². The summed E-state index contributed by atoms with van der Waals surface area (Å²) < 4.78 is 37.5. The molecule has 1 N–H and O–H groups in total. The Hall–Kier alpha value is -3.04. The predicted molar refractivity (Wildman–Crippen MR) is 101 cm³/mol. The minimum absolute atomic E-state index is 0.000413. The van der Waals surface area contributed by atoms with Crippen LogP contribution >= 0.6 is 0 Å². The Labute approximate surface area is 162 Å². The molecule has 0 saturated carbocycles. The summed E-state index contributed by atoms with van der Waals surface area (Å²) in [4.78, 5) is 12.3. The molecule has 0 aliphatic heterocycles. The molecular formula is C19H19N3O5S. The van der Waals surface area contributed by atoms with Crippen LogP contribution in [-0.4, -0.2) is 31.1 Å². The summed E-state index contributed by atoms with van der Waals surface area (Å²) in [6.07, 6.45) is 0.663. The van der Waals surface area contributed by atoms with Gasteiger partial charge < -0.3 is 9.15 Å². The lowest BCUT2D eigenvalue weighted by atomic mass is 10.2. The standard InChI is InChI=1S/C19H19N3O5S/c1-2-11-20-28(24,25)16-10-6-9-15(12-16)19(23)26-13-17-21-22-18(27-17)14-7-4-3-5-8-14/h3-10,12,20H,2,11,13H2,1H3. The maximum absolute atomic E-state index is 12.3. The molecule has 1 heterocycles. The Morgan fingerprint density at radius 3 is 2.64 bits per heavy atom. The molecule has 2 aromatic carbocycles. The number of sulfonamides is 1. The van der Waals surface area contributed by atoms with E-state index in [1.807, 2.05) is 37.3 Å². The number of esters is 1. The van der Waals surface area contributed by atoms with Gasteiger partial charge in [-0.2, -0.15) is 0 Å². The van der Waals surface area contributed by atoms with Crippen LogP contribution < -0.4 is 4.72 Å². The first-order chi connectivity index (χ1) is 13.5. The zero-order valence-corrected chi connectivity index (χ0v) is 16.0. The van der Waals surface area contributed by atoms with Crippen molar-refractivity contribution in [1.82, 2.24) is 14.9 Å². The highest BCUT2D eigenvalue weighted by molar-refractivity contribution is 7.89. The highest BCUT2D eigenvalue weighted by Crippen LogP contribution is 2.18. The SMILES string of the molecule is CCCNS(=O)(=O)c1cccc(C(=O)OCc2nnc(-c3ccccc3)o2)c1. The molecule has 28 heavy (non-hydrogen) atoms. The summed E-state index contributed by atoms with van der Waals surface area (Å²) >= 11 is 0. The molecule has 0 radical (unpaired) electrons. The number of hydrogen-bond acceptors (Lipinski definition) is 7. The van der Waals surface area contributed by atoms with Gasteiger partial charge in [-0.3, -0.25) is 0 Å². The fourth-order valence-corrected chi connectivity index (χ4v) is 3.51. The molecule has 0 aliphatic rings. The van der Waals surface area contributed by atoms with Gasteiger partial charge in [0.2, 0.25) is 15.9 Å². The molecule has 0 amide bonds. The molecule has 9 heteroatoms. The highest BCUT2D eigenvalue weighted by atomic mass is 32.2. The van der Waals surface area contributed by atoms with Crippen LogP contribution in [-0.2, 0) is 21.4 Å². The van der Waals surface area contributed by atoms with Crippen molar-refractivity contribution in [2.24, 2.45) is 0 Å². The molecule has 0 aliphatic carbocycles. The molecule has 0 spiro atoms. The van der Waals surface area contributed by atoms with Crippen molar-refractivity contribution >= 4 is 16.0 Å². The van der Waals surface area contributed by atoms with Crippen LogP contribution in [0.5, 0.6) is 0 Å². The van der Waals surface area contributed by atoms with Gasteiger partial charge in [-0.25, -0.2) is 17.9 Å². The van der Waals surface area contributed by atoms with E-state index in [1.54, 1.807) is 0 Å². The van der Waals surface area contributed by atoms with Crippen molar-refractivity contribution < 1.29 is 22.4 Å². The van der Waals surface area contributed by atoms with Crippen molar-refractivity contribution in [2.75, 3.05) is 6.54 Å². The van der Waals surface area contributed by atoms with E-state index in [2.05, 4.69) is 14.9 Å². The topological polar surface area (TPSA) is 111 Å². The maximum atomic E-state index is 12.3. The van der Waals surface area contributed by atoms with E-state index >= 15 is 0 Å². The van der Waals surface area contributed by atoms with Crippen molar-refractivity contribution in [3.05, 3.63) is 66.1 Å². The summed E-state index contributed by atoms with van der Waals surface area (Å²) in [6, 6.07) is 14.8. The first-order valence-electron chi connectivity index (χ1n) is 8.64. The number of hydrogen-bond donors (Lipinski definition) is 1. The van der Waals surface area contributed by atoms with E-state index in [4.69, 9.17) is 9.15 Å². The van der Waals surface area contributed by atoms with Crippen LogP contribution in [0.3, 0.4) is 0 Å². The second-order valence-corrected chi connectivity index (χ2v) is 7.64. The molecule has 146 valence electrons. The van der Waals surface area contributed by atoms with Gasteiger partial charge >= 0.3 is 5.97 Å². The zero-order valence-electron chi connectivity index (χ0n) is 15.2. The first kappa shape index (κ1) is 19.7. The number of carbonyl (C=O) groups is 1. The summed E-state index contributed by atoms with van der Waals surface area (Å²) in [5.74, 6) is -0.227. The molecule has 0 fully saturated rings. The summed E-state index contributed by atoms with van der Waals surface area (Å²) in [5, 5.41) is 7.77. The Bertz CT molecular complexity index is 1050. The predicted octanol–water partition coefficient (Wildman–Crippen LogP) is 2.78. The van der Waals surface area contributed by atoms with Crippen molar-refractivity contribution in [1.29, 1.82) is 0 Å². The average Bonchev–Trinajstić information content (AvgIpc) is 3.20. The molecule has 0 atom stereocenters. The quantitative estimate of drug-likeness (QED) is 0.578. The van der Waals surface area contributed by atoms with Crippen LogP contribution in [0.15, 0.2) is 63.9 Å². The number of benzene rings is 2. The monoisotopic (exact) mass is 401 g/mol. The van der Waals surface area contributed by atoms with E-state index in [-0.39, 0.29) is 23.0 Å². The number of carbonyl (C=O) groups excluding carboxylic acids is 1. The average molecular weight is 401 g/mol. The summed E-state index contributed by atoms with van der Waals surface area (Å²) in [5.41, 5.74) is 0.868. The van der Waals surface area contributed by atoms with Crippen LogP contribution in [0.4, 0.5) is 0 Å². The van der Waals surface area contributed by atoms with E-state index < -0.39 is 16.0 Å². The Morgan fingerprint density at radius 2 is 1.89 bits per heavy atom. The Morgan fingerprint density at radius 1 is 1.11 bits per heavy atom. The van der Waals surface area contributed by atoms with Gasteiger partial charge in [0.05, 0.1) is 10.5 Å². The van der Waals surface area contributed by atoms with Gasteiger partial charge in [0, 0.05) is 12.1 Å². The first-order valence-corrected chi connectivity index (χ1v) is 10.1. The van der Waals surface area contributed by atoms with Crippen LogP contribution in [0.2, 0.25) is 0 Å². The van der Waals surface area contributed by atoms with Crippen LogP contribution in [0.1, 0.15) is 29.6 Å². The van der Waals surface area contributed by atoms with E-state index in [9.17, 15) is 13.2 Å². The van der Waals surface area contributed by atoms with Crippen LogP contribution in [0, 0.1) is 0 Å². The third-order valence-corrected chi connectivity index (χ3v) is 5.20. The molecule has 3 aromatic rings. The lowest BCUT2D eigenvalue weighted by Crippen LogP contribution is -2.24. The highest BCUT2D eigenvalue weighted by Gasteiger charge is 2.17. The number of ether oxygens (including phenoxy) is 1. The third kappa shape index (κ3) is 4.81. The van der Waals surface area contributed by atoms with Crippen LogP contribution in [0.25, 0.3) is 11.5 Å². The minimum atomic E-state index is -3.67. The molecule has 3 rings (SSSR count). The molecule has 1 aromatic heterocycles. The number of aromatic nitrogens is 2. The van der Waals surface area contributed by atoms with Gasteiger partial charge in [0.1, 0.15) is 0 Å². The van der Waals surface area contributed by atoms with Gasteiger partial charge in [-0.05, 0) is 36.8 Å². The van der Waals surface area contributed by atoms with E-state index in [0.717, 1.165) is 5.56 Å². The Kier molecular flexibility index (Phi) is 6.17. The van der Waals surface area contributed by atoms with Gasteiger partial charge in [-0.1, -0.05) is 31.2 Å². The number of rotatable bonds is 8. The van der Waals surface area contributed by atoms with E-state index in [0.29, 0.717) is 18.9 Å². The maximum Gasteiger partial charge on any atom is 0.338 e. The fourth-order valence-electron chi connectivity index (χ4n) is 2.33. The molecule has 0 bridgehead atoms. The smallest absolute Gasteiger partial charge is 0.338 e. The fraction of sp³-hybridized carbons (Fsp3) is 0.211. The normalized spacial score (nSPS) is 11.3. The lowest BCUT2D eigenvalue weighted by molar-refractivity contribution is 0.0438. The Balaban J connectivity index is 1.66. The second-order valence-electron chi connectivity index (χ2n) is 5.87. The number of nitrogens with one attached hydrogen (secondary N) is 1. The minimum Gasteiger partial charge on any atom is -0.452 e. The molecular weight excluding hydrogens is 382 g/mol. The van der Waals surface area contributed by atoms with Crippen molar-refractivity contribution in [3.63, 3.8) is 0 Å². The largest absolute Gasteiger partial charge is 0.452 e. The summed E-state index contributed by atoms with van der Waals surface area (Å²) in [7, 11) is -3.67. The van der Waals surface area contributed by atoms with E-state index in [1.165, 1.54) is 24.3 Å². The van der Waals surface area contributed by atoms with Gasteiger partial charge in [0.25, 0.3) is 5.89 Å². The van der Waals surface area contributed by atoms with Crippen molar-refractivity contribution in [3.8, 4) is 11.5 Å². The summed E-state index contributed by atoms with van der Waals surface area (Å²) in [6.45, 7) is 1.96. The number of nitrogens with zero attached hydrogens (tertiary/aromatic N) is 2. The van der Waals surface area contributed by atoms with Crippen molar-refractivity contribution in [2.45, 2.75) is 24.8 Å². The molecule has 0 unspecified atom stereocenters. The lowest BCUT2D eigenvalue weighted by Gasteiger charge is -2.07. The third-order valence-electron chi connectivity index (χ3n) is 3.74. The second kappa shape index (κ2) is 8.77. The molecule has 8 nitrogen and oxygen atoms in total.